The van der Waals surface area contributed by atoms with Crippen molar-refractivity contribution in [1.82, 2.24) is 0 Å². The average Bonchev–Trinajstić information content (AvgIpc) is 3.15. The molecular formula is C12H18O4SSi. The van der Waals surface area contributed by atoms with Crippen molar-refractivity contribution in [2.45, 2.75) is 30.8 Å². The van der Waals surface area contributed by atoms with Gasteiger partial charge in [-0.05, 0) is 37.8 Å². The lowest BCUT2D eigenvalue weighted by molar-refractivity contribution is 0.124. The molecule has 0 N–H and O–H groups in total. The van der Waals surface area contributed by atoms with Crippen molar-refractivity contribution >= 4 is 20.6 Å². The van der Waals surface area contributed by atoms with Gasteiger partial charge in [0.25, 0.3) is 10.1 Å². The molecule has 0 heterocycles. The zero-order valence-corrected chi connectivity index (χ0v) is 13.4. The molecule has 1 unspecified atom stereocenters. The summed E-state index contributed by atoms with van der Waals surface area (Å²) in [6.07, 6.45) is 2.17. The molecule has 1 aromatic carbocycles. The first-order chi connectivity index (χ1) is 8.53. The maximum atomic E-state index is 11.9. The van der Waals surface area contributed by atoms with Gasteiger partial charge in [-0.3, -0.25) is 4.18 Å². The second kappa shape index (κ2) is 5.52. The summed E-state index contributed by atoms with van der Waals surface area (Å²) >= 11 is 0. The normalized spacial score (nSPS) is 17.8. The Morgan fingerprint density at radius 3 is 2.44 bits per heavy atom. The van der Waals surface area contributed by atoms with E-state index >= 15 is 0 Å². The van der Waals surface area contributed by atoms with E-state index in [4.69, 9.17) is 8.61 Å². The molecule has 1 aromatic rings. The van der Waals surface area contributed by atoms with Crippen LogP contribution in [0.15, 0.2) is 29.2 Å². The highest BCUT2D eigenvalue weighted by Gasteiger charge is 2.32. The molecule has 0 saturated heterocycles. The standard InChI is InChI=1S/C12H18O4SSi/c1-9-2-6-11(7-3-9)17(13,14)15-8-12(16-18)10-4-5-10/h2-3,6-7,10,12H,4-5,8H2,1,18H3. The summed E-state index contributed by atoms with van der Waals surface area (Å²) in [7, 11) is -3.05. The highest BCUT2D eigenvalue weighted by atomic mass is 32.2. The van der Waals surface area contributed by atoms with Crippen molar-refractivity contribution in [3.05, 3.63) is 29.8 Å². The third-order valence-electron chi connectivity index (χ3n) is 3.15. The van der Waals surface area contributed by atoms with Gasteiger partial charge in [-0.1, -0.05) is 17.7 Å². The van der Waals surface area contributed by atoms with Crippen molar-refractivity contribution < 1.29 is 17.0 Å². The van der Waals surface area contributed by atoms with Crippen molar-refractivity contribution in [3.8, 4) is 0 Å². The maximum absolute atomic E-state index is 11.9. The van der Waals surface area contributed by atoms with Crippen LogP contribution < -0.4 is 0 Å². The molecular weight excluding hydrogens is 268 g/mol. The predicted octanol–water partition coefficient (Wildman–Crippen LogP) is 0.776. The fourth-order valence-corrected chi connectivity index (χ4v) is 3.23. The number of hydrogen-bond acceptors (Lipinski definition) is 4. The topological polar surface area (TPSA) is 52.6 Å². The molecule has 1 saturated carbocycles. The van der Waals surface area contributed by atoms with E-state index in [-0.39, 0.29) is 17.6 Å². The Bertz CT molecular complexity index is 493. The minimum atomic E-state index is -3.65. The van der Waals surface area contributed by atoms with Crippen molar-refractivity contribution in [2.75, 3.05) is 6.61 Å². The van der Waals surface area contributed by atoms with Gasteiger partial charge in [0.15, 0.2) is 0 Å². The van der Waals surface area contributed by atoms with E-state index in [1.165, 1.54) is 0 Å². The largest absolute Gasteiger partial charge is 0.422 e. The van der Waals surface area contributed by atoms with Crippen LogP contribution in [0.25, 0.3) is 0 Å². The molecule has 1 atom stereocenters. The van der Waals surface area contributed by atoms with Crippen LogP contribution >= 0.6 is 0 Å². The van der Waals surface area contributed by atoms with Gasteiger partial charge in [0.05, 0.1) is 17.6 Å². The summed E-state index contributed by atoms with van der Waals surface area (Å²) in [5.41, 5.74) is 1.02. The van der Waals surface area contributed by atoms with Gasteiger partial charge in [0, 0.05) is 0 Å². The molecule has 2 rings (SSSR count). The molecule has 1 aliphatic carbocycles. The van der Waals surface area contributed by atoms with E-state index in [9.17, 15) is 8.42 Å². The van der Waals surface area contributed by atoms with E-state index in [1.807, 2.05) is 6.92 Å². The second-order valence-corrected chi connectivity index (χ2v) is 6.75. The van der Waals surface area contributed by atoms with Crippen LogP contribution in [0.5, 0.6) is 0 Å². The number of aryl methyl sites for hydroxylation is 1. The third kappa shape index (κ3) is 3.41. The lowest BCUT2D eigenvalue weighted by Gasteiger charge is -2.15. The Morgan fingerprint density at radius 2 is 1.94 bits per heavy atom. The minimum Gasteiger partial charge on any atom is -0.422 e. The zero-order chi connectivity index (χ0) is 13.2. The van der Waals surface area contributed by atoms with Crippen molar-refractivity contribution in [1.29, 1.82) is 0 Å². The van der Waals surface area contributed by atoms with E-state index in [2.05, 4.69) is 0 Å². The Hall–Kier alpha value is -0.693. The molecule has 0 amide bonds. The van der Waals surface area contributed by atoms with Gasteiger partial charge >= 0.3 is 0 Å². The quantitative estimate of drug-likeness (QED) is 0.573. The van der Waals surface area contributed by atoms with Gasteiger partial charge in [0.2, 0.25) is 0 Å². The molecule has 0 radical (unpaired) electrons. The summed E-state index contributed by atoms with van der Waals surface area (Å²) in [6, 6.07) is 6.66. The predicted molar refractivity (Wildman–Crippen MR) is 71.9 cm³/mol. The Morgan fingerprint density at radius 1 is 1.33 bits per heavy atom. The molecule has 0 spiro atoms. The third-order valence-corrected chi connectivity index (χ3v) is 5.05. The molecule has 4 nitrogen and oxygen atoms in total. The molecule has 6 heteroatoms. The van der Waals surface area contributed by atoms with Crippen LogP contribution in [-0.4, -0.2) is 31.6 Å². The molecule has 0 bridgehead atoms. The molecule has 18 heavy (non-hydrogen) atoms. The number of benzene rings is 1. The van der Waals surface area contributed by atoms with Gasteiger partial charge in [-0.15, -0.1) is 0 Å². The fourth-order valence-electron chi connectivity index (χ4n) is 1.79. The lowest BCUT2D eigenvalue weighted by Crippen LogP contribution is -2.23. The first-order valence-electron chi connectivity index (χ1n) is 6.02. The highest BCUT2D eigenvalue weighted by molar-refractivity contribution is 7.86. The van der Waals surface area contributed by atoms with Gasteiger partial charge in [-0.2, -0.15) is 8.42 Å². The monoisotopic (exact) mass is 286 g/mol. The van der Waals surface area contributed by atoms with Crippen molar-refractivity contribution in [3.63, 3.8) is 0 Å². The minimum absolute atomic E-state index is 0.0584. The first-order valence-corrected chi connectivity index (χ1v) is 8.24. The van der Waals surface area contributed by atoms with E-state index in [0.717, 1.165) is 18.4 Å². The molecule has 0 aromatic heterocycles. The van der Waals surface area contributed by atoms with Crippen LogP contribution in [0, 0.1) is 12.8 Å². The Labute approximate surface area is 111 Å². The molecule has 100 valence electrons. The van der Waals surface area contributed by atoms with Crippen LogP contribution in [0.3, 0.4) is 0 Å². The highest BCUT2D eigenvalue weighted by Crippen LogP contribution is 2.34. The van der Waals surface area contributed by atoms with Crippen molar-refractivity contribution in [2.24, 2.45) is 5.92 Å². The first kappa shape index (κ1) is 13.7. The Kier molecular flexibility index (Phi) is 4.21. The summed E-state index contributed by atoms with van der Waals surface area (Å²) in [4.78, 5) is 0.205. The van der Waals surface area contributed by atoms with Gasteiger partial charge < -0.3 is 4.43 Å². The Balaban J connectivity index is 2.00. The van der Waals surface area contributed by atoms with Crippen LogP contribution in [-0.2, 0) is 18.7 Å². The van der Waals surface area contributed by atoms with Gasteiger partial charge in [0.1, 0.15) is 10.5 Å². The average molecular weight is 286 g/mol. The molecule has 0 aliphatic heterocycles. The smallest absolute Gasteiger partial charge is 0.297 e. The summed E-state index contributed by atoms with van der Waals surface area (Å²) in [6.45, 7) is 2.04. The van der Waals surface area contributed by atoms with E-state index < -0.39 is 10.1 Å². The maximum Gasteiger partial charge on any atom is 0.297 e. The summed E-state index contributed by atoms with van der Waals surface area (Å²) in [5, 5.41) is 0. The van der Waals surface area contributed by atoms with E-state index in [0.29, 0.717) is 16.4 Å². The van der Waals surface area contributed by atoms with Gasteiger partial charge in [-0.25, -0.2) is 0 Å². The second-order valence-electron chi connectivity index (χ2n) is 4.66. The summed E-state index contributed by atoms with van der Waals surface area (Å²) in [5.74, 6) is 0.482. The van der Waals surface area contributed by atoms with Crippen LogP contribution in [0.4, 0.5) is 0 Å². The van der Waals surface area contributed by atoms with Crippen LogP contribution in [0.1, 0.15) is 18.4 Å². The van der Waals surface area contributed by atoms with E-state index in [1.54, 1.807) is 24.3 Å². The number of rotatable bonds is 6. The zero-order valence-electron chi connectivity index (χ0n) is 10.6. The fraction of sp³-hybridized carbons (Fsp3) is 0.500. The summed E-state index contributed by atoms with van der Waals surface area (Å²) < 4.78 is 34.3. The van der Waals surface area contributed by atoms with Crippen LogP contribution in [0.2, 0.25) is 0 Å². The SMILES string of the molecule is Cc1ccc(S(=O)(=O)OCC(O[SiH3])C2CC2)cc1. The molecule has 1 aliphatic rings. The molecule has 1 fully saturated rings. The lowest BCUT2D eigenvalue weighted by atomic mass is 10.2. The number of hydrogen-bond donors (Lipinski definition) is 0.